The maximum absolute atomic E-state index is 12.9. The highest BCUT2D eigenvalue weighted by atomic mass is 19.1. The summed E-state index contributed by atoms with van der Waals surface area (Å²) in [6, 6.07) is 6.85. The van der Waals surface area contributed by atoms with Crippen LogP contribution in [0.25, 0.3) is 0 Å². The zero-order chi connectivity index (χ0) is 18.8. The van der Waals surface area contributed by atoms with Crippen molar-refractivity contribution >= 4 is 5.91 Å². The predicted molar refractivity (Wildman–Crippen MR) is 99.4 cm³/mol. The van der Waals surface area contributed by atoms with Crippen molar-refractivity contribution < 1.29 is 9.18 Å². The summed E-state index contributed by atoms with van der Waals surface area (Å²) in [5.74, 6) is 1.87. The second-order valence-corrected chi connectivity index (χ2v) is 7.56. The first-order valence-corrected chi connectivity index (χ1v) is 9.76. The number of amides is 1. The second-order valence-electron chi connectivity index (χ2n) is 7.56. The number of aryl methyl sites for hydroxylation is 1. The van der Waals surface area contributed by atoms with E-state index < -0.39 is 0 Å². The third-order valence-electron chi connectivity index (χ3n) is 5.72. The molecule has 1 atom stereocenters. The van der Waals surface area contributed by atoms with E-state index in [1.165, 1.54) is 18.6 Å². The Morgan fingerprint density at radius 3 is 2.74 bits per heavy atom. The van der Waals surface area contributed by atoms with Crippen LogP contribution >= 0.6 is 0 Å². The summed E-state index contributed by atoms with van der Waals surface area (Å²) in [4.78, 5) is 16.8. The van der Waals surface area contributed by atoms with Crippen LogP contribution in [-0.2, 0) is 24.3 Å². The summed E-state index contributed by atoms with van der Waals surface area (Å²) in [7, 11) is 2.14. The SMILES string of the molecule is CN1CCCC1c1nnc2n1CCN(C(=O)CCCc1ccc(F)cc1)C2. The average molecular weight is 371 g/mol. The molecule has 144 valence electrons. The van der Waals surface area contributed by atoms with Crippen LogP contribution < -0.4 is 0 Å². The Morgan fingerprint density at radius 2 is 2.00 bits per heavy atom. The molecule has 4 rings (SSSR count). The van der Waals surface area contributed by atoms with Crippen LogP contribution in [0.2, 0.25) is 0 Å². The number of fused-ring (bicyclic) bond motifs is 1. The Hall–Kier alpha value is -2.28. The molecule has 1 amide bonds. The van der Waals surface area contributed by atoms with E-state index in [2.05, 4.69) is 26.7 Å². The lowest BCUT2D eigenvalue weighted by Crippen LogP contribution is -2.39. The Kier molecular flexibility index (Phi) is 5.20. The van der Waals surface area contributed by atoms with Crippen molar-refractivity contribution in [2.45, 2.75) is 51.2 Å². The molecule has 7 heteroatoms. The fourth-order valence-corrected chi connectivity index (χ4v) is 4.13. The van der Waals surface area contributed by atoms with E-state index in [0.717, 1.165) is 49.6 Å². The quantitative estimate of drug-likeness (QED) is 0.811. The van der Waals surface area contributed by atoms with Crippen LogP contribution in [0, 0.1) is 5.82 Å². The monoisotopic (exact) mass is 371 g/mol. The third-order valence-corrected chi connectivity index (χ3v) is 5.72. The molecule has 1 saturated heterocycles. The molecule has 1 fully saturated rings. The molecular weight excluding hydrogens is 345 g/mol. The first-order valence-electron chi connectivity index (χ1n) is 9.76. The van der Waals surface area contributed by atoms with Crippen LogP contribution in [0.15, 0.2) is 24.3 Å². The van der Waals surface area contributed by atoms with E-state index in [9.17, 15) is 9.18 Å². The maximum atomic E-state index is 12.9. The van der Waals surface area contributed by atoms with Crippen LogP contribution in [0.1, 0.15) is 48.9 Å². The number of hydrogen-bond acceptors (Lipinski definition) is 4. The molecule has 2 aliphatic heterocycles. The van der Waals surface area contributed by atoms with Crippen molar-refractivity contribution in [1.82, 2.24) is 24.6 Å². The van der Waals surface area contributed by atoms with E-state index in [4.69, 9.17) is 0 Å². The van der Waals surface area contributed by atoms with E-state index >= 15 is 0 Å². The highest BCUT2D eigenvalue weighted by Gasteiger charge is 2.31. The number of nitrogens with zero attached hydrogens (tertiary/aromatic N) is 5. The third kappa shape index (κ3) is 3.88. The van der Waals surface area contributed by atoms with Crippen molar-refractivity contribution in [2.75, 3.05) is 20.1 Å². The number of aromatic nitrogens is 3. The summed E-state index contributed by atoms with van der Waals surface area (Å²) in [6.07, 6.45) is 4.38. The molecule has 0 aliphatic carbocycles. The predicted octanol–water partition coefficient (Wildman–Crippen LogP) is 2.55. The number of likely N-dealkylation sites (tertiary alicyclic amines) is 1. The van der Waals surface area contributed by atoms with Gasteiger partial charge < -0.3 is 9.47 Å². The first-order chi connectivity index (χ1) is 13.1. The molecule has 1 unspecified atom stereocenters. The van der Waals surface area contributed by atoms with Crippen LogP contribution in [0.3, 0.4) is 0 Å². The fourth-order valence-electron chi connectivity index (χ4n) is 4.13. The topological polar surface area (TPSA) is 54.3 Å². The minimum Gasteiger partial charge on any atom is -0.333 e. The fraction of sp³-hybridized carbons (Fsp3) is 0.550. The molecule has 2 aromatic rings. The Bertz CT molecular complexity index is 803. The highest BCUT2D eigenvalue weighted by Crippen LogP contribution is 2.30. The van der Waals surface area contributed by atoms with Gasteiger partial charge in [0, 0.05) is 19.5 Å². The zero-order valence-corrected chi connectivity index (χ0v) is 15.8. The molecule has 2 aliphatic rings. The molecular formula is C20H26FN5O. The number of halogens is 1. The summed E-state index contributed by atoms with van der Waals surface area (Å²) in [5, 5.41) is 8.80. The molecule has 1 aromatic heterocycles. The van der Waals surface area contributed by atoms with Crippen LogP contribution in [-0.4, -0.2) is 50.6 Å². The van der Waals surface area contributed by atoms with E-state index in [-0.39, 0.29) is 11.7 Å². The molecule has 0 N–H and O–H groups in total. The van der Waals surface area contributed by atoms with Gasteiger partial charge in [0.2, 0.25) is 5.91 Å². The van der Waals surface area contributed by atoms with Crippen molar-refractivity contribution in [1.29, 1.82) is 0 Å². The van der Waals surface area contributed by atoms with E-state index in [0.29, 0.717) is 25.6 Å². The average Bonchev–Trinajstić information content (AvgIpc) is 3.28. The standard InChI is InChI=1S/C20H26FN5O/c1-24-11-3-5-17(24)20-23-22-18-14-25(12-13-26(18)20)19(27)6-2-4-15-7-9-16(21)10-8-15/h7-10,17H,2-6,11-14H2,1H3. The van der Waals surface area contributed by atoms with Gasteiger partial charge in [0.05, 0.1) is 12.6 Å². The Labute approximate surface area is 159 Å². The van der Waals surface area contributed by atoms with Gasteiger partial charge >= 0.3 is 0 Å². The zero-order valence-electron chi connectivity index (χ0n) is 15.8. The lowest BCUT2D eigenvalue weighted by Gasteiger charge is -2.29. The van der Waals surface area contributed by atoms with Gasteiger partial charge in [0.25, 0.3) is 0 Å². The van der Waals surface area contributed by atoms with Gasteiger partial charge in [0.15, 0.2) is 11.6 Å². The smallest absolute Gasteiger partial charge is 0.223 e. The van der Waals surface area contributed by atoms with Gasteiger partial charge in [-0.1, -0.05) is 12.1 Å². The minimum atomic E-state index is -0.226. The molecule has 27 heavy (non-hydrogen) atoms. The van der Waals surface area contributed by atoms with Crippen molar-refractivity contribution in [3.05, 3.63) is 47.3 Å². The maximum Gasteiger partial charge on any atom is 0.223 e. The van der Waals surface area contributed by atoms with Gasteiger partial charge in [0.1, 0.15) is 5.82 Å². The molecule has 0 radical (unpaired) electrons. The Morgan fingerprint density at radius 1 is 1.19 bits per heavy atom. The Balaban J connectivity index is 1.32. The van der Waals surface area contributed by atoms with Crippen molar-refractivity contribution in [3.8, 4) is 0 Å². The second kappa shape index (κ2) is 7.76. The number of carbonyl (C=O) groups is 1. The highest BCUT2D eigenvalue weighted by molar-refractivity contribution is 5.76. The molecule has 0 saturated carbocycles. The van der Waals surface area contributed by atoms with E-state index in [1.54, 1.807) is 12.1 Å². The lowest BCUT2D eigenvalue weighted by molar-refractivity contribution is -0.132. The van der Waals surface area contributed by atoms with Crippen molar-refractivity contribution in [2.24, 2.45) is 0 Å². The minimum absolute atomic E-state index is 0.158. The summed E-state index contributed by atoms with van der Waals surface area (Å²) < 4.78 is 15.1. The number of carbonyl (C=O) groups excluding carboxylic acids is 1. The van der Waals surface area contributed by atoms with Crippen LogP contribution in [0.5, 0.6) is 0 Å². The number of rotatable bonds is 5. The summed E-state index contributed by atoms with van der Waals surface area (Å²) in [5.41, 5.74) is 1.06. The van der Waals surface area contributed by atoms with Gasteiger partial charge in [-0.15, -0.1) is 10.2 Å². The van der Waals surface area contributed by atoms with Gasteiger partial charge in [-0.25, -0.2) is 4.39 Å². The molecule has 6 nitrogen and oxygen atoms in total. The molecule has 1 aromatic carbocycles. The largest absolute Gasteiger partial charge is 0.333 e. The van der Waals surface area contributed by atoms with Crippen LogP contribution in [0.4, 0.5) is 4.39 Å². The molecule has 0 bridgehead atoms. The van der Waals surface area contributed by atoms with Crippen molar-refractivity contribution in [3.63, 3.8) is 0 Å². The van der Waals surface area contributed by atoms with Gasteiger partial charge in [-0.2, -0.15) is 0 Å². The van der Waals surface area contributed by atoms with Gasteiger partial charge in [-0.05, 0) is 57.0 Å². The van der Waals surface area contributed by atoms with Gasteiger partial charge in [-0.3, -0.25) is 9.69 Å². The summed E-state index contributed by atoms with van der Waals surface area (Å²) in [6.45, 7) is 3.12. The lowest BCUT2D eigenvalue weighted by atomic mass is 10.1. The number of hydrogen-bond donors (Lipinski definition) is 0. The number of benzene rings is 1. The molecule has 0 spiro atoms. The molecule has 3 heterocycles. The van der Waals surface area contributed by atoms with E-state index in [1.807, 2.05) is 4.90 Å². The summed E-state index contributed by atoms with van der Waals surface area (Å²) >= 11 is 0. The normalized spacial score (nSPS) is 20.1. The first kappa shape index (κ1) is 18.1.